The average Bonchev–Trinajstić information content (AvgIpc) is 2.48. The van der Waals surface area contributed by atoms with E-state index in [0.29, 0.717) is 28.2 Å². The van der Waals surface area contributed by atoms with E-state index in [1.54, 1.807) is 24.3 Å². The highest BCUT2D eigenvalue weighted by atomic mass is 35.5. The van der Waals surface area contributed by atoms with E-state index >= 15 is 0 Å². The van der Waals surface area contributed by atoms with Crippen LogP contribution < -0.4 is 10.1 Å². The monoisotopic (exact) mass is 377 g/mol. The Balaban J connectivity index is 1.97. The van der Waals surface area contributed by atoms with Crippen LogP contribution in [-0.4, -0.2) is 18.3 Å². The summed E-state index contributed by atoms with van der Waals surface area (Å²) >= 11 is 12.1. The molecule has 0 atom stereocenters. The van der Waals surface area contributed by atoms with Crippen LogP contribution in [0.3, 0.4) is 0 Å². The van der Waals surface area contributed by atoms with Gasteiger partial charge in [0.2, 0.25) is 0 Å². The summed E-state index contributed by atoms with van der Waals surface area (Å²) in [6.07, 6.45) is 0. The van der Waals surface area contributed by atoms with Crippen LogP contribution >= 0.6 is 35.0 Å². The van der Waals surface area contributed by atoms with Crippen LogP contribution in [0.1, 0.15) is 0 Å². The van der Waals surface area contributed by atoms with Crippen molar-refractivity contribution in [1.29, 1.82) is 0 Å². The van der Waals surface area contributed by atoms with Gasteiger partial charge in [-0.25, -0.2) is 0 Å². The summed E-state index contributed by atoms with van der Waals surface area (Å²) in [5.74, 6) is -2.75. The van der Waals surface area contributed by atoms with Gasteiger partial charge >= 0.3 is 0 Å². The van der Waals surface area contributed by atoms with Crippen LogP contribution in [0, 0.1) is 0 Å². The van der Waals surface area contributed by atoms with Crippen molar-refractivity contribution in [2.24, 2.45) is 0 Å². The molecular weight excluding hydrogens is 367 g/mol. The second-order valence-electron chi connectivity index (χ2n) is 4.29. The molecule has 1 amide bonds. The molecule has 23 heavy (non-hydrogen) atoms. The van der Waals surface area contributed by atoms with E-state index in [9.17, 15) is 13.6 Å². The Morgan fingerprint density at radius 2 is 1.96 bits per heavy atom. The van der Waals surface area contributed by atoms with Gasteiger partial charge in [-0.2, -0.15) is 8.78 Å². The smallest absolute Gasteiger partial charge is 0.288 e. The fraction of sp³-hybridized carbons (Fsp3) is 0.133. The van der Waals surface area contributed by atoms with Gasteiger partial charge in [0.25, 0.3) is 11.7 Å². The molecule has 2 aromatic rings. The van der Waals surface area contributed by atoms with Crippen LogP contribution in [0.2, 0.25) is 10.0 Å². The summed E-state index contributed by atoms with van der Waals surface area (Å²) in [7, 11) is 0. The van der Waals surface area contributed by atoms with Crippen molar-refractivity contribution in [1.82, 2.24) is 0 Å². The van der Waals surface area contributed by atoms with E-state index in [0.717, 1.165) is 0 Å². The molecule has 0 fully saturated rings. The number of thioether (sulfide) groups is 1. The molecule has 2 rings (SSSR count). The predicted molar refractivity (Wildman–Crippen MR) is 88.9 cm³/mol. The second-order valence-corrected chi connectivity index (χ2v) is 6.16. The topological polar surface area (TPSA) is 38.3 Å². The van der Waals surface area contributed by atoms with Crippen molar-refractivity contribution in [2.45, 2.75) is 10.7 Å². The minimum Gasteiger partial charge on any atom is -0.482 e. The van der Waals surface area contributed by atoms with E-state index in [4.69, 9.17) is 27.9 Å². The number of halogens is 4. The number of ether oxygens (including phenoxy) is 1. The Morgan fingerprint density at radius 1 is 1.22 bits per heavy atom. The normalized spacial score (nSPS) is 10.7. The van der Waals surface area contributed by atoms with Gasteiger partial charge in [-0.05, 0) is 30.3 Å². The second kappa shape index (κ2) is 8.38. The molecule has 0 saturated carbocycles. The van der Waals surface area contributed by atoms with Crippen LogP contribution in [0.25, 0.3) is 0 Å². The van der Waals surface area contributed by atoms with E-state index < -0.39 is 11.7 Å². The number of para-hydroxylation sites is 1. The van der Waals surface area contributed by atoms with E-state index in [-0.39, 0.29) is 16.5 Å². The lowest BCUT2D eigenvalue weighted by Gasteiger charge is -2.11. The number of alkyl halides is 2. The molecule has 122 valence electrons. The van der Waals surface area contributed by atoms with E-state index in [1.807, 2.05) is 0 Å². The number of nitrogens with one attached hydrogen (secondary N) is 1. The van der Waals surface area contributed by atoms with Gasteiger partial charge in [-0.3, -0.25) is 4.79 Å². The third-order valence-corrected chi connectivity index (χ3v) is 3.95. The first-order valence-electron chi connectivity index (χ1n) is 6.37. The highest BCUT2D eigenvalue weighted by molar-refractivity contribution is 7.99. The van der Waals surface area contributed by atoms with Crippen molar-refractivity contribution >= 4 is 46.6 Å². The number of rotatable bonds is 6. The molecule has 1 N–H and O–H groups in total. The van der Waals surface area contributed by atoms with Crippen LogP contribution in [-0.2, 0) is 4.79 Å². The van der Waals surface area contributed by atoms with Gasteiger partial charge < -0.3 is 10.1 Å². The molecule has 0 bridgehead atoms. The molecule has 0 spiro atoms. The Hall–Kier alpha value is -1.50. The Morgan fingerprint density at radius 3 is 2.65 bits per heavy atom. The molecule has 0 aliphatic rings. The van der Waals surface area contributed by atoms with Gasteiger partial charge in [-0.1, -0.05) is 47.1 Å². The van der Waals surface area contributed by atoms with Crippen molar-refractivity contribution < 1.29 is 18.3 Å². The molecule has 8 heteroatoms. The first-order valence-corrected chi connectivity index (χ1v) is 8.01. The first kappa shape index (κ1) is 17.8. The summed E-state index contributed by atoms with van der Waals surface area (Å²) in [5.41, 5.74) is 0.300. The Labute approximate surface area is 145 Å². The van der Waals surface area contributed by atoms with E-state index in [2.05, 4.69) is 5.32 Å². The molecule has 2 aromatic carbocycles. The lowest BCUT2D eigenvalue weighted by atomic mass is 10.3. The number of hydrogen-bond acceptors (Lipinski definition) is 3. The first-order chi connectivity index (χ1) is 11.0. The number of carbonyl (C=O) groups is 1. The average molecular weight is 378 g/mol. The van der Waals surface area contributed by atoms with Gasteiger partial charge in [0, 0.05) is 9.92 Å². The van der Waals surface area contributed by atoms with Gasteiger partial charge in [0.1, 0.15) is 5.75 Å². The SMILES string of the molecule is O=C(COc1ccc(Cl)cc1Cl)Nc1ccccc1SC(F)F. The molecule has 0 radical (unpaired) electrons. The lowest BCUT2D eigenvalue weighted by molar-refractivity contribution is -0.118. The minimum atomic E-state index is -2.57. The highest BCUT2D eigenvalue weighted by Gasteiger charge is 2.12. The fourth-order valence-electron chi connectivity index (χ4n) is 1.69. The van der Waals surface area contributed by atoms with Gasteiger partial charge in [0.15, 0.2) is 6.61 Å². The zero-order valence-electron chi connectivity index (χ0n) is 11.6. The maximum Gasteiger partial charge on any atom is 0.288 e. The molecule has 0 aliphatic carbocycles. The summed E-state index contributed by atoms with van der Waals surface area (Å²) in [6, 6.07) is 10.9. The third kappa shape index (κ3) is 5.57. The lowest BCUT2D eigenvalue weighted by Crippen LogP contribution is -2.20. The van der Waals surface area contributed by atoms with Gasteiger partial charge in [0.05, 0.1) is 10.7 Å². The Bertz CT molecular complexity index is 701. The quantitative estimate of drug-likeness (QED) is 0.691. The molecule has 3 nitrogen and oxygen atoms in total. The van der Waals surface area contributed by atoms with Crippen LogP contribution in [0.15, 0.2) is 47.4 Å². The van der Waals surface area contributed by atoms with Crippen molar-refractivity contribution in [3.63, 3.8) is 0 Å². The highest BCUT2D eigenvalue weighted by Crippen LogP contribution is 2.31. The number of benzene rings is 2. The van der Waals surface area contributed by atoms with Crippen LogP contribution in [0.4, 0.5) is 14.5 Å². The minimum absolute atomic E-state index is 0.277. The van der Waals surface area contributed by atoms with Crippen molar-refractivity contribution in [3.8, 4) is 5.75 Å². The summed E-state index contributed by atoms with van der Waals surface area (Å²) in [5, 5.41) is 3.26. The molecule has 0 unspecified atom stereocenters. The number of hydrogen-bond donors (Lipinski definition) is 1. The number of amides is 1. The summed E-state index contributed by atoms with van der Waals surface area (Å²) in [6.45, 7) is -0.310. The van der Waals surface area contributed by atoms with Crippen LogP contribution in [0.5, 0.6) is 5.75 Å². The van der Waals surface area contributed by atoms with Crippen molar-refractivity contribution in [2.75, 3.05) is 11.9 Å². The molecule has 0 saturated heterocycles. The number of carbonyl (C=O) groups excluding carboxylic acids is 1. The van der Waals surface area contributed by atoms with Gasteiger partial charge in [-0.15, -0.1) is 0 Å². The maximum atomic E-state index is 12.5. The summed E-state index contributed by atoms with van der Waals surface area (Å²) in [4.78, 5) is 12.2. The zero-order chi connectivity index (χ0) is 16.8. The molecular formula is C15H11Cl2F2NO2S. The van der Waals surface area contributed by atoms with Crippen molar-refractivity contribution in [3.05, 3.63) is 52.5 Å². The number of anilines is 1. The summed E-state index contributed by atoms with van der Waals surface area (Å²) < 4.78 is 30.3. The largest absolute Gasteiger partial charge is 0.482 e. The predicted octanol–water partition coefficient (Wildman–Crippen LogP) is 5.33. The fourth-order valence-corrected chi connectivity index (χ4v) is 2.75. The standard InChI is InChI=1S/C15H11Cl2F2NO2S/c16-9-5-6-12(10(17)7-9)22-8-14(21)20-11-3-1-2-4-13(11)23-15(18)19/h1-7,15H,8H2,(H,20,21). The molecule has 0 aliphatic heterocycles. The molecule has 0 aromatic heterocycles. The Kier molecular flexibility index (Phi) is 6.50. The third-order valence-electron chi connectivity index (χ3n) is 2.63. The maximum absolute atomic E-state index is 12.5. The zero-order valence-corrected chi connectivity index (χ0v) is 13.9. The van der Waals surface area contributed by atoms with E-state index in [1.165, 1.54) is 18.2 Å². The molecule has 0 heterocycles.